The molecule has 1 saturated carbocycles. The zero-order valence-electron chi connectivity index (χ0n) is 16.6. The lowest BCUT2D eigenvalue weighted by atomic mass is 9.96. The second-order valence-corrected chi connectivity index (χ2v) is 8.25. The molecule has 2 aromatic rings. The summed E-state index contributed by atoms with van der Waals surface area (Å²) in [6.45, 7) is 3.45. The van der Waals surface area contributed by atoms with Gasteiger partial charge in [0.05, 0.1) is 0 Å². The van der Waals surface area contributed by atoms with Gasteiger partial charge in [0.25, 0.3) is 0 Å². The van der Waals surface area contributed by atoms with Crippen LogP contribution in [0.15, 0.2) is 54.6 Å². The van der Waals surface area contributed by atoms with Crippen LogP contribution in [0.2, 0.25) is 0 Å². The van der Waals surface area contributed by atoms with Gasteiger partial charge in [-0.3, -0.25) is 4.79 Å². The average molecular weight is 379 g/mol. The maximum Gasteiger partial charge on any atom is 0.226 e. The van der Waals surface area contributed by atoms with Gasteiger partial charge in [0.15, 0.2) is 0 Å². The Morgan fingerprint density at radius 1 is 1.14 bits per heavy atom. The molecule has 4 rings (SSSR count). The predicted molar refractivity (Wildman–Crippen MR) is 111 cm³/mol. The molecule has 1 saturated heterocycles. The topological polar surface area (TPSA) is 55.6 Å². The van der Waals surface area contributed by atoms with Crippen molar-refractivity contribution in [3.8, 4) is 5.75 Å². The summed E-state index contributed by atoms with van der Waals surface area (Å²) in [4.78, 5) is 15.1. The number of hydrogen-bond acceptors (Lipinski definition) is 3. The molecule has 0 aromatic heterocycles. The Morgan fingerprint density at radius 3 is 2.61 bits per heavy atom. The van der Waals surface area contributed by atoms with E-state index in [-0.39, 0.29) is 18.0 Å². The Morgan fingerprint density at radius 2 is 1.89 bits per heavy atom. The highest BCUT2D eigenvalue weighted by Crippen LogP contribution is 2.49. The van der Waals surface area contributed by atoms with E-state index in [0.717, 1.165) is 37.1 Å². The van der Waals surface area contributed by atoms with Crippen LogP contribution in [-0.2, 0) is 11.4 Å². The Hall–Kier alpha value is -2.33. The number of nitrogens with zero attached hydrogens (tertiary/aromatic N) is 1. The summed E-state index contributed by atoms with van der Waals surface area (Å²) in [5.74, 6) is 1.63. The van der Waals surface area contributed by atoms with Gasteiger partial charge in [-0.15, -0.1) is 0 Å². The van der Waals surface area contributed by atoms with Crippen molar-refractivity contribution in [1.82, 2.24) is 4.90 Å². The van der Waals surface area contributed by atoms with Gasteiger partial charge in [0.1, 0.15) is 12.4 Å². The van der Waals surface area contributed by atoms with Crippen LogP contribution >= 0.6 is 0 Å². The Bertz CT molecular complexity index is 788. The van der Waals surface area contributed by atoms with Crippen LogP contribution in [0, 0.1) is 5.92 Å². The van der Waals surface area contributed by atoms with Crippen LogP contribution < -0.4 is 10.5 Å². The number of benzene rings is 2. The molecule has 148 valence electrons. The van der Waals surface area contributed by atoms with Crippen molar-refractivity contribution in [2.75, 3.05) is 6.54 Å². The molecular weight excluding hydrogens is 348 g/mol. The van der Waals surface area contributed by atoms with Gasteiger partial charge >= 0.3 is 0 Å². The number of rotatable bonds is 6. The zero-order chi connectivity index (χ0) is 19.5. The van der Waals surface area contributed by atoms with Gasteiger partial charge in [-0.1, -0.05) is 42.5 Å². The summed E-state index contributed by atoms with van der Waals surface area (Å²) < 4.78 is 5.87. The minimum atomic E-state index is 0.0440. The van der Waals surface area contributed by atoms with E-state index in [0.29, 0.717) is 18.4 Å². The molecule has 1 aliphatic carbocycles. The smallest absolute Gasteiger partial charge is 0.226 e. The van der Waals surface area contributed by atoms with E-state index >= 15 is 0 Å². The van der Waals surface area contributed by atoms with E-state index in [9.17, 15) is 4.79 Å². The Kier molecular flexibility index (Phi) is 5.67. The Labute approximate surface area is 167 Å². The molecule has 2 N–H and O–H groups in total. The number of ether oxygens (including phenoxy) is 1. The van der Waals surface area contributed by atoms with Crippen molar-refractivity contribution in [3.63, 3.8) is 0 Å². The van der Waals surface area contributed by atoms with E-state index in [1.54, 1.807) is 0 Å². The van der Waals surface area contributed by atoms with Gasteiger partial charge in [0.2, 0.25) is 5.91 Å². The minimum absolute atomic E-state index is 0.0440. The molecule has 4 unspecified atom stereocenters. The van der Waals surface area contributed by atoms with Gasteiger partial charge in [-0.25, -0.2) is 0 Å². The van der Waals surface area contributed by atoms with Gasteiger partial charge in [-0.2, -0.15) is 0 Å². The monoisotopic (exact) mass is 378 g/mol. The van der Waals surface area contributed by atoms with E-state index in [1.165, 1.54) is 12.0 Å². The molecule has 4 nitrogen and oxygen atoms in total. The molecular formula is C24H30N2O2. The molecule has 1 heterocycles. The third kappa shape index (κ3) is 4.22. The Balaban J connectivity index is 1.34. The maximum atomic E-state index is 13.0. The van der Waals surface area contributed by atoms with E-state index in [2.05, 4.69) is 29.2 Å². The predicted octanol–water partition coefficient (Wildman–Crippen LogP) is 4.10. The summed E-state index contributed by atoms with van der Waals surface area (Å²) in [6, 6.07) is 18.7. The van der Waals surface area contributed by atoms with Crippen LogP contribution in [0.1, 0.15) is 49.7 Å². The maximum absolute atomic E-state index is 13.0. The number of hydrogen-bond donors (Lipinski definition) is 1. The molecule has 28 heavy (non-hydrogen) atoms. The van der Waals surface area contributed by atoms with Gasteiger partial charge in [0, 0.05) is 24.5 Å². The lowest BCUT2D eigenvalue weighted by Gasteiger charge is -2.38. The van der Waals surface area contributed by atoms with Crippen molar-refractivity contribution < 1.29 is 9.53 Å². The number of carbonyl (C=O) groups excluding carboxylic acids is 1. The summed E-state index contributed by atoms with van der Waals surface area (Å²) >= 11 is 0. The highest BCUT2D eigenvalue weighted by molar-refractivity contribution is 5.83. The van der Waals surface area contributed by atoms with Crippen LogP contribution in [0.25, 0.3) is 0 Å². The van der Waals surface area contributed by atoms with E-state index in [4.69, 9.17) is 10.5 Å². The fourth-order valence-electron chi connectivity index (χ4n) is 4.38. The highest BCUT2D eigenvalue weighted by Gasteiger charge is 2.47. The number of piperidine rings is 1. The lowest BCUT2D eigenvalue weighted by Crippen LogP contribution is -2.52. The molecule has 0 bridgehead atoms. The van der Waals surface area contributed by atoms with Gasteiger partial charge in [-0.05, 0) is 61.8 Å². The summed E-state index contributed by atoms with van der Waals surface area (Å²) in [6.07, 6.45) is 4.26. The fourth-order valence-corrected chi connectivity index (χ4v) is 4.38. The van der Waals surface area contributed by atoms with Gasteiger partial charge < -0.3 is 15.4 Å². The largest absolute Gasteiger partial charge is 0.489 e. The number of amides is 1. The third-order valence-electron chi connectivity index (χ3n) is 6.10. The SMILES string of the molecule is CC(N)C1CCCCN1C(=O)C1CC1c1ccc(OCc2ccccc2)cc1. The van der Waals surface area contributed by atoms with Crippen molar-refractivity contribution in [2.45, 2.75) is 57.2 Å². The quantitative estimate of drug-likeness (QED) is 0.823. The van der Waals surface area contributed by atoms with Crippen molar-refractivity contribution in [3.05, 3.63) is 65.7 Å². The normalized spacial score (nSPS) is 25.2. The van der Waals surface area contributed by atoms with E-state index in [1.807, 2.05) is 37.3 Å². The van der Waals surface area contributed by atoms with Crippen LogP contribution in [-0.4, -0.2) is 29.4 Å². The molecule has 1 aliphatic heterocycles. The zero-order valence-corrected chi connectivity index (χ0v) is 16.6. The summed E-state index contributed by atoms with van der Waals surface area (Å²) in [7, 11) is 0. The molecule has 2 aliphatic rings. The molecule has 0 radical (unpaired) electrons. The number of nitrogens with two attached hydrogens (primary N) is 1. The van der Waals surface area contributed by atoms with Crippen molar-refractivity contribution in [1.29, 1.82) is 0 Å². The summed E-state index contributed by atoms with van der Waals surface area (Å²) in [5.41, 5.74) is 8.53. The first kappa shape index (κ1) is 19.0. The molecule has 2 fully saturated rings. The van der Waals surface area contributed by atoms with E-state index < -0.39 is 0 Å². The second kappa shape index (κ2) is 8.36. The highest BCUT2D eigenvalue weighted by atomic mass is 16.5. The fraction of sp³-hybridized carbons (Fsp3) is 0.458. The molecule has 0 spiro atoms. The van der Waals surface area contributed by atoms with Crippen LogP contribution in [0.3, 0.4) is 0 Å². The first-order valence-corrected chi connectivity index (χ1v) is 10.5. The molecule has 4 heteroatoms. The third-order valence-corrected chi connectivity index (χ3v) is 6.10. The van der Waals surface area contributed by atoms with Crippen LogP contribution in [0.5, 0.6) is 5.75 Å². The first-order valence-electron chi connectivity index (χ1n) is 10.5. The van der Waals surface area contributed by atoms with Crippen LogP contribution in [0.4, 0.5) is 0 Å². The molecule has 2 aromatic carbocycles. The molecule has 1 amide bonds. The first-order chi connectivity index (χ1) is 13.6. The summed E-state index contributed by atoms with van der Waals surface area (Å²) in [5, 5.41) is 0. The number of likely N-dealkylation sites (tertiary alicyclic amines) is 1. The van der Waals surface area contributed by atoms with Crippen molar-refractivity contribution in [2.24, 2.45) is 11.7 Å². The second-order valence-electron chi connectivity index (χ2n) is 8.25. The lowest BCUT2D eigenvalue weighted by molar-refractivity contribution is -0.136. The average Bonchev–Trinajstić information content (AvgIpc) is 3.54. The molecule has 4 atom stereocenters. The standard InChI is InChI=1S/C24H30N2O2/c1-17(25)23-9-5-6-14-26(23)24(27)22-15-21(22)19-10-12-20(13-11-19)28-16-18-7-3-2-4-8-18/h2-4,7-8,10-13,17,21-23H,5-6,9,14-16,25H2,1H3. The van der Waals surface area contributed by atoms with Crippen molar-refractivity contribution >= 4 is 5.91 Å². The number of carbonyl (C=O) groups is 1. The minimum Gasteiger partial charge on any atom is -0.489 e.